The molecule has 1 aliphatic heterocycles. The maximum atomic E-state index is 11.6. The van der Waals surface area contributed by atoms with Gasteiger partial charge in [-0.05, 0) is 67.0 Å². The third kappa shape index (κ3) is 6.14. The van der Waals surface area contributed by atoms with Crippen molar-refractivity contribution in [3.05, 3.63) is 65.2 Å². The van der Waals surface area contributed by atoms with Gasteiger partial charge in [0.15, 0.2) is 23.3 Å². The van der Waals surface area contributed by atoms with Crippen LogP contribution in [0, 0.1) is 11.8 Å². The number of fused-ring (bicyclic) bond motifs is 1. The van der Waals surface area contributed by atoms with Gasteiger partial charge in [-0.2, -0.15) is 0 Å². The normalized spacial score (nSPS) is 18.9. The van der Waals surface area contributed by atoms with Gasteiger partial charge < -0.3 is 29.5 Å². The van der Waals surface area contributed by atoms with Crippen LogP contribution in [-0.4, -0.2) is 57.6 Å². The number of aromatic hydroxyl groups is 2. The van der Waals surface area contributed by atoms with E-state index in [4.69, 9.17) is 14.2 Å². The van der Waals surface area contributed by atoms with Crippen molar-refractivity contribution in [2.24, 2.45) is 11.8 Å². The number of hydrogen-bond acceptors (Lipinski definition) is 7. The Bertz CT molecular complexity index is 1320. The minimum absolute atomic E-state index is 0.0227. The quantitative estimate of drug-likeness (QED) is 0.289. The van der Waals surface area contributed by atoms with Crippen molar-refractivity contribution in [1.29, 1.82) is 0 Å². The predicted molar refractivity (Wildman–Crippen MR) is 149 cm³/mol. The van der Waals surface area contributed by atoms with Gasteiger partial charge in [0.1, 0.15) is 12.4 Å². The van der Waals surface area contributed by atoms with Gasteiger partial charge in [0, 0.05) is 37.7 Å². The summed E-state index contributed by atoms with van der Waals surface area (Å²) >= 11 is 0. The summed E-state index contributed by atoms with van der Waals surface area (Å²) in [7, 11) is 1.60. The van der Waals surface area contributed by atoms with E-state index in [0.717, 1.165) is 43.7 Å². The lowest BCUT2D eigenvalue weighted by molar-refractivity contribution is -0.141. The number of nitrogens with zero attached hydrogens (tertiary/aromatic N) is 2. The molecule has 3 atom stereocenters. The molecule has 0 radical (unpaired) electrons. The van der Waals surface area contributed by atoms with Crippen molar-refractivity contribution in [1.82, 2.24) is 9.47 Å². The van der Waals surface area contributed by atoms with E-state index in [0.29, 0.717) is 30.4 Å². The molecule has 0 amide bonds. The van der Waals surface area contributed by atoms with Crippen LogP contribution < -0.4 is 14.2 Å². The molecule has 2 aliphatic rings. The average molecular weight is 551 g/mol. The van der Waals surface area contributed by atoms with Crippen molar-refractivity contribution in [3.8, 4) is 29.0 Å². The molecule has 2 aromatic carbocycles. The first-order valence-electron chi connectivity index (χ1n) is 13.9. The maximum Gasteiger partial charge on any atom is 0.306 e. The van der Waals surface area contributed by atoms with E-state index in [1.54, 1.807) is 7.11 Å². The van der Waals surface area contributed by atoms with E-state index in [9.17, 15) is 20.1 Å². The van der Waals surface area contributed by atoms with Gasteiger partial charge in [0.2, 0.25) is 0 Å². The molecule has 1 saturated carbocycles. The minimum atomic E-state index is -0.691. The Morgan fingerprint density at radius 2 is 1.90 bits per heavy atom. The van der Waals surface area contributed by atoms with Gasteiger partial charge in [-0.15, -0.1) is 0 Å². The highest BCUT2D eigenvalue weighted by molar-refractivity contribution is 5.70. The summed E-state index contributed by atoms with van der Waals surface area (Å²) in [5.41, 5.74) is 3.52. The zero-order valence-corrected chi connectivity index (χ0v) is 23.1. The van der Waals surface area contributed by atoms with Gasteiger partial charge in [0.05, 0.1) is 26.2 Å². The summed E-state index contributed by atoms with van der Waals surface area (Å²) in [6, 6.07) is 15.3. The highest BCUT2D eigenvalue weighted by atomic mass is 16.5. The monoisotopic (exact) mass is 550 g/mol. The number of carboxylic acids is 1. The second-order valence-electron chi connectivity index (χ2n) is 10.8. The second-order valence-corrected chi connectivity index (χ2v) is 10.8. The van der Waals surface area contributed by atoms with E-state index in [1.165, 1.54) is 27.8 Å². The number of carboxylic acid groups (broad SMARTS) is 1. The molecule has 0 spiro atoms. The van der Waals surface area contributed by atoms with Crippen molar-refractivity contribution in [2.75, 3.05) is 26.9 Å². The zero-order chi connectivity index (χ0) is 28.2. The number of carbonyl (C=O) groups is 1. The molecule has 40 heavy (non-hydrogen) atoms. The molecule has 3 N–H and O–H groups in total. The van der Waals surface area contributed by atoms with Gasteiger partial charge in [-0.25, -0.2) is 0 Å². The Kier molecular flexibility index (Phi) is 8.40. The Balaban J connectivity index is 1.31. The third-order valence-corrected chi connectivity index (χ3v) is 8.25. The highest BCUT2D eigenvalue weighted by Gasteiger charge is 2.32. The van der Waals surface area contributed by atoms with E-state index >= 15 is 0 Å². The Morgan fingerprint density at radius 1 is 1.10 bits per heavy atom. The van der Waals surface area contributed by atoms with Crippen molar-refractivity contribution >= 4 is 5.97 Å². The molecule has 2 heterocycles. The largest absolute Gasteiger partial charge is 0.494 e. The first-order chi connectivity index (χ1) is 19.3. The fourth-order valence-corrected chi connectivity index (χ4v) is 5.92. The lowest BCUT2D eigenvalue weighted by atomic mass is 9.99. The molecular formula is C31H38N2O7. The minimum Gasteiger partial charge on any atom is -0.494 e. The first-order valence-corrected chi connectivity index (χ1v) is 13.9. The highest BCUT2D eigenvalue weighted by Crippen LogP contribution is 2.37. The maximum absolute atomic E-state index is 11.6. The summed E-state index contributed by atoms with van der Waals surface area (Å²) in [5, 5.41) is 29.2. The van der Waals surface area contributed by atoms with Crippen LogP contribution in [0.2, 0.25) is 0 Å². The fourth-order valence-electron chi connectivity index (χ4n) is 5.92. The van der Waals surface area contributed by atoms with Crippen LogP contribution in [0.25, 0.3) is 0 Å². The van der Waals surface area contributed by atoms with Crippen LogP contribution in [0.4, 0.5) is 0 Å². The van der Waals surface area contributed by atoms with Crippen LogP contribution >= 0.6 is 0 Å². The van der Waals surface area contributed by atoms with Crippen LogP contribution in [0.5, 0.6) is 29.0 Å². The molecule has 0 bridgehead atoms. The number of ether oxygens (including phenoxy) is 3. The van der Waals surface area contributed by atoms with Crippen LogP contribution in [-0.2, 0) is 24.3 Å². The predicted octanol–water partition coefficient (Wildman–Crippen LogP) is 4.99. The lowest BCUT2D eigenvalue weighted by Crippen LogP contribution is -2.31. The average Bonchev–Trinajstić information content (AvgIpc) is 3.69. The summed E-state index contributed by atoms with van der Waals surface area (Å²) in [5.74, 6) is 1.48. The molecule has 9 heteroatoms. The number of rotatable bonds is 12. The smallest absolute Gasteiger partial charge is 0.306 e. The molecule has 0 unspecified atom stereocenters. The lowest BCUT2D eigenvalue weighted by Gasteiger charge is -2.32. The number of benzene rings is 2. The first kappa shape index (κ1) is 27.7. The van der Waals surface area contributed by atoms with E-state index in [1.807, 2.05) is 18.2 Å². The summed E-state index contributed by atoms with van der Waals surface area (Å²) < 4.78 is 18.6. The molecule has 0 saturated heterocycles. The third-order valence-electron chi connectivity index (χ3n) is 8.25. The molecule has 9 nitrogen and oxygen atoms in total. The summed E-state index contributed by atoms with van der Waals surface area (Å²) in [6.45, 7) is 4.93. The summed E-state index contributed by atoms with van der Waals surface area (Å²) in [4.78, 5) is 14.0. The molecule has 1 aliphatic carbocycles. The Labute approximate surface area is 234 Å². The number of aliphatic carboxylic acids is 1. The molecule has 1 aromatic heterocycles. The molecule has 3 aromatic rings. The van der Waals surface area contributed by atoms with Gasteiger partial charge in [-0.1, -0.05) is 18.2 Å². The van der Waals surface area contributed by atoms with Gasteiger partial charge in [-0.3, -0.25) is 14.3 Å². The van der Waals surface area contributed by atoms with Gasteiger partial charge >= 0.3 is 5.97 Å². The molecule has 214 valence electrons. The van der Waals surface area contributed by atoms with E-state index < -0.39 is 5.97 Å². The van der Waals surface area contributed by atoms with Crippen LogP contribution in [0.1, 0.15) is 48.9 Å². The second kappa shape index (κ2) is 12.1. The van der Waals surface area contributed by atoms with E-state index in [-0.39, 0.29) is 36.9 Å². The van der Waals surface area contributed by atoms with Crippen molar-refractivity contribution < 1.29 is 34.3 Å². The standard InChI is InChI=1S/C31H38N2O7/c1-20(23-6-8-26-24(17-23)11-13-39-26)32(18-21-3-5-25(15-21)31(36)37)19-22-4-7-27(28(16-22)38-2)40-14-12-33-29(34)9-10-30(33)35/h4,6-10,16-17,20-21,25,34-35H,3,5,11-15,18-19H2,1-2H3,(H,36,37)/t20-,21-,25+/m0/s1. The van der Waals surface area contributed by atoms with E-state index in [2.05, 4.69) is 30.0 Å². The zero-order valence-electron chi connectivity index (χ0n) is 23.1. The molecule has 5 rings (SSSR count). The van der Waals surface area contributed by atoms with Crippen molar-refractivity contribution in [2.45, 2.75) is 51.7 Å². The number of aromatic nitrogens is 1. The Hall–Kier alpha value is -3.85. The van der Waals surface area contributed by atoms with Crippen LogP contribution in [0.3, 0.4) is 0 Å². The van der Waals surface area contributed by atoms with Gasteiger partial charge in [0.25, 0.3) is 0 Å². The SMILES string of the molecule is COc1cc(CN(C[C@H]2CC[C@@H](C(=O)O)C2)[C@@H](C)c2ccc3c(c2)CCO3)ccc1OCCn1c(O)ccc1O. The van der Waals surface area contributed by atoms with Crippen LogP contribution in [0.15, 0.2) is 48.5 Å². The number of hydrogen-bond donors (Lipinski definition) is 3. The summed E-state index contributed by atoms with van der Waals surface area (Å²) in [6.07, 6.45) is 3.28. The molecular weight excluding hydrogens is 512 g/mol. The van der Waals surface area contributed by atoms with Crippen molar-refractivity contribution in [3.63, 3.8) is 0 Å². The number of methoxy groups -OCH3 is 1. The topological polar surface area (TPSA) is 114 Å². The fraction of sp³-hybridized carbons (Fsp3) is 0.452. The Morgan fingerprint density at radius 3 is 2.62 bits per heavy atom. The molecule has 1 fully saturated rings.